The number of carbonyl (C=O) groups is 1. The van der Waals surface area contributed by atoms with Gasteiger partial charge in [-0.3, -0.25) is 4.79 Å². The third-order valence-corrected chi connectivity index (χ3v) is 4.55. The summed E-state index contributed by atoms with van der Waals surface area (Å²) in [5.74, 6) is 0.453. The number of hydrogen-bond donors (Lipinski definition) is 1. The maximum atomic E-state index is 12.7. The molecule has 2 heterocycles. The molecule has 1 aliphatic carbocycles. The molecule has 7 heteroatoms. The summed E-state index contributed by atoms with van der Waals surface area (Å²) in [6, 6.07) is 13.1. The highest BCUT2D eigenvalue weighted by molar-refractivity contribution is 7.13. The second-order valence-corrected chi connectivity index (χ2v) is 6.45. The molecule has 1 saturated carbocycles. The molecule has 116 valence electrons. The predicted octanol–water partition coefficient (Wildman–Crippen LogP) is 2.27. The van der Waals surface area contributed by atoms with Crippen LogP contribution in [-0.2, 0) is 4.79 Å². The molecule has 0 saturated heterocycles. The molecule has 1 fully saturated rings. The number of hydrogen-bond acceptors (Lipinski definition) is 5. The normalized spacial score (nSPS) is 15.3. The first-order valence-electron chi connectivity index (χ1n) is 7.50. The molecule has 0 aliphatic heterocycles. The Morgan fingerprint density at radius 3 is 2.74 bits per heavy atom. The summed E-state index contributed by atoms with van der Waals surface area (Å²) < 4.78 is 0. The Kier molecular flexibility index (Phi) is 3.63. The zero-order valence-electron chi connectivity index (χ0n) is 12.3. The highest BCUT2D eigenvalue weighted by Gasteiger charge is 2.31. The van der Waals surface area contributed by atoms with Crippen molar-refractivity contribution in [3.8, 4) is 10.7 Å². The SMILES string of the molecule is O=C(NC1CC1)[C@@H](c1ccccc1)n1nnc(-c2cccs2)n1. The van der Waals surface area contributed by atoms with Gasteiger partial charge in [0, 0.05) is 6.04 Å². The number of benzene rings is 1. The van der Waals surface area contributed by atoms with Crippen molar-refractivity contribution in [1.82, 2.24) is 25.5 Å². The maximum Gasteiger partial charge on any atom is 0.251 e. The van der Waals surface area contributed by atoms with E-state index in [-0.39, 0.29) is 11.9 Å². The van der Waals surface area contributed by atoms with Gasteiger partial charge >= 0.3 is 0 Å². The molecule has 1 aromatic carbocycles. The molecular weight excluding hydrogens is 310 g/mol. The molecule has 23 heavy (non-hydrogen) atoms. The van der Waals surface area contributed by atoms with Crippen molar-refractivity contribution in [2.75, 3.05) is 0 Å². The van der Waals surface area contributed by atoms with Crippen molar-refractivity contribution in [3.05, 3.63) is 53.4 Å². The summed E-state index contributed by atoms with van der Waals surface area (Å²) in [6.07, 6.45) is 2.08. The van der Waals surface area contributed by atoms with Gasteiger partial charge in [-0.2, -0.15) is 0 Å². The van der Waals surface area contributed by atoms with Gasteiger partial charge < -0.3 is 5.32 Å². The molecule has 0 radical (unpaired) electrons. The smallest absolute Gasteiger partial charge is 0.251 e. The van der Waals surface area contributed by atoms with Gasteiger partial charge in [0.2, 0.25) is 5.82 Å². The van der Waals surface area contributed by atoms with Crippen molar-refractivity contribution in [2.24, 2.45) is 0 Å². The molecule has 1 atom stereocenters. The summed E-state index contributed by atoms with van der Waals surface area (Å²) in [7, 11) is 0. The second kappa shape index (κ2) is 5.92. The third-order valence-electron chi connectivity index (χ3n) is 3.69. The minimum absolute atomic E-state index is 0.0890. The van der Waals surface area contributed by atoms with E-state index in [9.17, 15) is 4.79 Å². The lowest BCUT2D eigenvalue weighted by Crippen LogP contribution is -2.35. The first-order chi connectivity index (χ1) is 11.3. The fourth-order valence-corrected chi connectivity index (χ4v) is 3.02. The van der Waals surface area contributed by atoms with E-state index < -0.39 is 6.04 Å². The van der Waals surface area contributed by atoms with Gasteiger partial charge in [0.1, 0.15) is 0 Å². The number of tetrazole rings is 1. The topological polar surface area (TPSA) is 72.7 Å². The van der Waals surface area contributed by atoms with Crippen molar-refractivity contribution >= 4 is 17.2 Å². The van der Waals surface area contributed by atoms with E-state index in [0.29, 0.717) is 5.82 Å². The highest BCUT2D eigenvalue weighted by Crippen LogP contribution is 2.24. The average Bonchev–Trinajstić information content (AvgIpc) is 3.05. The van der Waals surface area contributed by atoms with Crippen LogP contribution < -0.4 is 5.32 Å². The molecule has 1 aliphatic rings. The fourth-order valence-electron chi connectivity index (χ4n) is 2.37. The monoisotopic (exact) mass is 325 g/mol. The van der Waals surface area contributed by atoms with Gasteiger partial charge in [-0.1, -0.05) is 36.4 Å². The maximum absolute atomic E-state index is 12.7. The molecule has 3 aromatic rings. The molecule has 1 N–H and O–H groups in total. The lowest BCUT2D eigenvalue weighted by molar-refractivity contribution is -0.123. The second-order valence-electron chi connectivity index (χ2n) is 5.51. The Balaban J connectivity index is 1.68. The van der Waals surface area contributed by atoms with E-state index in [4.69, 9.17) is 0 Å². The van der Waals surface area contributed by atoms with Crippen LogP contribution in [0.2, 0.25) is 0 Å². The number of carbonyl (C=O) groups excluding carboxylic acids is 1. The summed E-state index contributed by atoms with van der Waals surface area (Å²) in [5, 5.41) is 17.6. The van der Waals surface area contributed by atoms with Gasteiger partial charge in [-0.05, 0) is 35.1 Å². The predicted molar refractivity (Wildman–Crippen MR) is 86.9 cm³/mol. The molecule has 1 amide bonds. The summed E-state index contributed by atoms with van der Waals surface area (Å²) in [5.41, 5.74) is 0.848. The summed E-state index contributed by atoms with van der Waals surface area (Å²) in [6.45, 7) is 0. The number of nitrogens with one attached hydrogen (secondary N) is 1. The standard InChI is InChI=1S/C16H15N5OS/c22-16(17-12-8-9-12)14(11-5-2-1-3-6-11)21-19-15(18-20-21)13-7-4-10-23-13/h1-7,10,12,14H,8-9H2,(H,17,22)/t14-/m1/s1. The number of nitrogens with zero attached hydrogens (tertiary/aromatic N) is 4. The quantitative estimate of drug-likeness (QED) is 0.781. The van der Waals surface area contributed by atoms with E-state index in [2.05, 4.69) is 20.7 Å². The Morgan fingerprint density at radius 1 is 1.22 bits per heavy atom. The van der Waals surface area contributed by atoms with E-state index in [1.165, 1.54) is 4.80 Å². The van der Waals surface area contributed by atoms with Gasteiger partial charge in [-0.25, -0.2) is 0 Å². The van der Waals surface area contributed by atoms with E-state index in [1.54, 1.807) is 11.3 Å². The third kappa shape index (κ3) is 3.00. The highest BCUT2D eigenvalue weighted by atomic mass is 32.1. The molecule has 2 aromatic heterocycles. The Hall–Kier alpha value is -2.54. The van der Waals surface area contributed by atoms with Gasteiger partial charge in [-0.15, -0.1) is 26.3 Å². The lowest BCUT2D eigenvalue weighted by atomic mass is 10.1. The number of thiophene rings is 1. The summed E-state index contributed by atoms with van der Waals surface area (Å²) >= 11 is 1.55. The van der Waals surface area contributed by atoms with E-state index in [1.807, 2.05) is 47.8 Å². The van der Waals surface area contributed by atoms with Crippen LogP contribution in [0.3, 0.4) is 0 Å². The van der Waals surface area contributed by atoms with Crippen LogP contribution in [0.1, 0.15) is 24.4 Å². The van der Waals surface area contributed by atoms with Crippen LogP contribution in [-0.4, -0.2) is 32.2 Å². The molecule has 0 unspecified atom stereocenters. The molecule has 6 nitrogen and oxygen atoms in total. The number of rotatable bonds is 5. The van der Waals surface area contributed by atoms with Crippen molar-refractivity contribution in [3.63, 3.8) is 0 Å². The van der Waals surface area contributed by atoms with E-state index >= 15 is 0 Å². The van der Waals surface area contributed by atoms with Crippen molar-refractivity contribution in [1.29, 1.82) is 0 Å². The molecule has 4 rings (SSSR count). The number of amides is 1. The van der Waals surface area contributed by atoms with E-state index in [0.717, 1.165) is 23.3 Å². The van der Waals surface area contributed by atoms with Gasteiger partial charge in [0.05, 0.1) is 4.88 Å². The van der Waals surface area contributed by atoms with Gasteiger partial charge in [0.25, 0.3) is 5.91 Å². The van der Waals surface area contributed by atoms with Crippen molar-refractivity contribution < 1.29 is 4.79 Å². The Morgan fingerprint density at radius 2 is 2.04 bits per heavy atom. The Labute approximate surface area is 137 Å². The molecule has 0 bridgehead atoms. The van der Waals surface area contributed by atoms with Crippen LogP contribution in [0.25, 0.3) is 10.7 Å². The van der Waals surface area contributed by atoms with Gasteiger partial charge in [0.15, 0.2) is 6.04 Å². The summed E-state index contributed by atoms with van der Waals surface area (Å²) in [4.78, 5) is 15.0. The molecular formula is C16H15N5OS. The Bertz CT molecular complexity index is 795. The first-order valence-corrected chi connectivity index (χ1v) is 8.38. The van der Waals surface area contributed by atoms with Crippen LogP contribution in [0, 0.1) is 0 Å². The minimum atomic E-state index is -0.599. The van der Waals surface area contributed by atoms with Crippen LogP contribution in [0.15, 0.2) is 47.8 Å². The largest absolute Gasteiger partial charge is 0.351 e. The van der Waals surface area contributed by atoms with Crippen molar-refractivity contribution in [2.45, 2.75) is 24.9 Å². The first kappa shape index (κ1) is 14.1. The zero-order chi connectivity index (χ0) is 15.6. The van der Waals surface area contributed by atoms with Crippen LogP contribution >= 0.6 is 11.3 Å². The fraction of sp³-hybridized carbons (Fsp3) is 0.250. The molecule has 0 spiro atoms. The number of aromatic nitrogens is 4. The minimum Gasteiger partial charge on any atom is -0.351 e. The lowest BCUT2D eigenvalue weighted by Gasteiger charge is -2.15. The van der Waals surface area contributed by atoms with Crippen LogP contribution in [0.4, 0.5) is 0 Å². The van der Waals surface area contributed by atoms with Crippen LogP contribution in [0.5, 0.6) is 0 Å². The average molecular weight is 325 g/mol. The zero-order valence-corrected chi connectivity index (χ0v) is 13.1.